The Bertz CT molecular complexity index is 508. The van der Waals surface area contributed by atoms with E-state index >= 15 is 0 Å². The number of hydrogen-bond donors (Lipinski definition) is 2. The number of nitrogens with zero attached hydrogens (tertiary/aromatic N) is 1. The molecule has 1 fully saturated rings. The van der Waals surface area contributed by atoms with E-state index in [1.165, 1.54) is 32.8 Å². The third kappa shape index (κ3) is 3.13. The first-order chi connectivity index (χ1) is 10.00. The van der Waals surface area contributed by atoms with Crippen LogP contribution in [0.3, 0.4) is 0 Å². The summed E-state index contributed by atoms with van der Waals surface area (Å²) < 4.78 is 4.75. The van der Waals surface area contributed by atoms with Crippen molar-refractivity contribution in [2.45, 2.75) is 31.2 Å². The number of rotatable bonds is 5. The highest BCUT2D eigenvalue weighted by molar-refractivity contribution is 5.98. The predicted molar refractivity (Wildman–Crippen MR) is 85.6 cm³/mol. The normalized spacial score (nSPS) is 17.0. The number of methoxy groups -OCH3 is 1. The number of ether oxygens (including phenoxy) is 1. The Morgan fingerprint density at radius 3 is 2.62 bits per heavy atom. The minimum atomic E-state index is -0.403. The Balaban J connectivity index is 2.15. The van der Waals surface area contributed by atoms with Crippen molar-refractivity contribution in [3.8, 4) is 0 Å². The highest BCUT2D eigenvalue weighted by Crippen LogP contribution is 2.34. The number of carbonyl (C=O) groups excluding carboxylic acids is 1. The summed E-state index contributed by atoms with van der Waals surface area (Å²) >= 11 is 0. The number of benzene rings is 1. The molecule has 3 N–H and O–H groups in total. The summed E-state index contributed by atoms with van der Waals surface area (Å²) in [5.74, 6) is -0.403. The molecular weight excluding hydrogens is 266 g/mol. The molecule has 21 heavy (non-hydrogen) atoms. The molecule has 1 saturated carbocycles. The second-order valence-corrected chi connectivity index (χ2v) is 5.94. The van der Waals surface area contributed by atoms with Crippen LogP contribution in [0.4, 0.5) is 11.4 Å². The Kier molecular flexibility index (Phi) is 4.73. The van der Waals surface area contributed by atoms with Crippen LogP contribution in [-0.4, -0.2) is 44.2 Å². The van der Waals surface area contributed by atoms with Gasteiger partial charge >= 0.3 is 5.97 Å². The van der Waals surface area contributed by atoms with Crippen LogP contribution in [0.2, 0.25) is 0 Å². The van der Waals surface area contributed by atoms with Gasteiger partial charge in [0.2, 0.25) is 0 Å². The van der Waals surface area contributed by atoms with E-state index in [0.717, 1.165) is 12.2 Å². The number of nitrogen functional groups attached to an aromatic ring is 1. The van der Waals surface area contributed by atoms with Crippen LogP contribution in [0.25, 0.3) is 0 Å². The molecule has 0 saturated heterocycles. The molecule has 0 atom stereocenters. The van der Waals surface area contributed by atoms with Gasteiger partial charge in [-0.3, -0.25) is 0 Å². The molecule has 2 rings (SSSR count). The average molecular weight is 291 g/mol. The third-order valence-electron chi connectivity index (χ3n) is 4.60. The Labute approximate surface area is 126 Å². The Morgan fingerprint density at radius 1 is 1.38 bits per heavy atom. The number of para-hydroxylation sites is 1. The van der Waals surface area contributed by atoms with Gasteiger partial charge < -0.3 is 20.7 Å². The van der Waals surface area contributed by atoms with Crippen molar-refractivity contribution in [3.63, 3.8) is 0 Å². The van der Waals surface area contributed by atoms with E-state index in [4.69, 9.17) is 10.5 Å². The molecule has 1 aromatic carbocycles. The number of carbonyl (C=O) groups is 1. The van der Waals surface area contributed by atoms with Gasteiger partial charge in [-0.05, 0) is 39.1 Å². The maximum Gasteiger partial charge on any atom is 0.340 e. The number of nitrogens with two attached hydrogens (primary N) is 1. The first-order valence-electron chi connectivity index (χ1n) is 7.38. The molecule has 5 heteroatoms. The third-order valence-corrected chi connectivity index (χ3v) is 4.60. The van der Waals surface area contributed by atoms with E-state index in [1.807, 2.05) is 12.1 Å². The highest BCUT2D eigenvalue weighted by atomic mass is 16.5. The number of nitrogens with one attached hydrogen (secondary N) is 1. The first kappa shape index (κ1) is 15.6. The fraction of sp³-hybridized carbons (Fsp3) is 0.562. The largest absolute Gasteiger partial charge is 0.465 e. The van der Waals surface area contributed by atoms with Gasteiger partial charge in [-0.25, -0.2) is 4.79 Å². The minimum Gasteiger partial charge on any atom is -0.465 e. The Hall–Kier alpha value is -1.75. The van der Waals surface area contributed by atoms with Crippen LogP contribution in [0.5, 0.6) is 0 Å². The minimum absolute atomic E-state index is 0.174. The molecule has 1 aliphatic carbocycles. The molecule has 5 nitrogen and oxygen atoms in total. The van der Waals surface area contributed by atoms with Crippen LogP contribution >= 0.6 is 0 Å². The maximum absolute atomic E-state index is 11.7. The van der Waals surface area contributed by atoms with Crippen molar-refractivity contribution in [3.05, 3.63) is 23.8 Å². The first-order valence-corrected chi connectivity index (χ1v) is 7.38. The maximum atomic E-state index is 11.7. The van der Waals surface area contributed by atoms with Crippen molar-refractivity contribution in [2.75, 3.05) is 38.8 Å². The highest BCUT2D eigenvalue weighted by Gasteiger charge is 2.35. The molecule has 1 aromatic rings. The van der Waals surface area contributed by atoms with Crippen molar-refractivity contribution < 1.29 is 9.53 Å². The van der Waals surface area contributed by atoms with Gasteiger partial charge in [0.25, 0.3) is 0 Å². The van der Waals surface area contributed by atoms with Gasteiger partial charge in [0, 0.05) is 12.1 Å². The van der Waals surface area contributed by atoms with Crippen LogP contribution in [-0.2, 0) is 4.74 Å². The van der Waals surface area contributed by atoms with Crippen LogP contribution in [0, 0.1) is 0 Å². The smallest absolute Gasteiger partial charge is 0.340 e. The van der Waals surface area contributed by atoms with Gasteiger partial charge in [0.05, 0.1) is 24.0 Å². The summed E-state index contributed by atoms with van der Waals surface area (Å²) in [6, 6.07) is 5.41. The van der Waals surface area contributed by atoms with Crippen molar-refractivity contribution in [1.82, 2.24) is 4.90 Å². The van der Waals surface area contributed by atoms with Gasteiger partial charge in [0.15, 0.2) is 0 Å². The van der Waals surface area contributed by atoms with Gasteiger partial charge in [-0.2, -0.15) is 0 Å². The van der Waals surface area contributed by atoms with Crippen LogP contribution < -0.4 is 11.1 Å². The van der Waals surface area contributed by atoms with Crippen LogP contribution in [0.1, 0.15) is 36.0 Å². The standard InChI is InChI=1S/C16H25N3O2/c1-19(2)16(9-4-5-10-16)11-18-13-8-6-7-12(14(13)17)15(20)21-3/h6-8,18H,4-5,9-11,17H2,1-3H3. The van der Waals surface area contributed by atoms with Gasteiger partial charge in [0.1, 0.15) is 0 Å². The van der Waals surface area contributed by atoms with E-state index in [2.05, 4.69) is 24.3 Å². The van der Waals surface area contributed by atoms with Crippen molar-refractivity contribution >= 4 is 17.3 Å². The molecule has 116 valence electrons. The summed E-state index contributed by atoms with van der Waals surface area (Å²) in [6.45, 7) is 0.828. The summed E-state index contributed by atoms with van der Waals surface area (Å²) in [7, 11) is 5.61. The summed E-state index contributed by atoms with van der Waals surface area (Å²) in [4.78, 5) is 14.0. The second-order valence-electron chi connectivity index (χ2n) is 5.94. The molecule has 0 aromatic heterocycles. The summed E-state index contributed by atoms with van der Waals surface area (Å²) in [6.07, 6.45) is 4.89. The SMILES string of the molecule is COC(=O)c1cccc(NCC2(N(C)C)CCCC2)c1N. The monoisotopic (exact) mass is 291 g/mol. The lowest BCUT2D eigenvalue weighted by Gasteiger charge is -2.37. The molecular formula is C16H25N3O2. The van der Waals surface area contributed by atoms with Gasteiger partial charge in [-0.15, -0.1) is 0 Å². The summed E-state index contributed by atoms with van der Waals surface area (Å²) in [5.41, 5.74) is 7.92. The van der Waals surface area contributed by atoms with Crippen molar-refractivity contribution in [1.29, 1.82) is 0 Å². The second kappa shape index (κ2) is 6.35. The predicted octanol–water partition coefficient (Wildman–Crippen LogP) is 2.34. The lowest BCUT2D eigenvalue weighted by Crippen LogP contribution is -2.47. The van der Waals surface area contributed by atoms with E-state index in [0.29, 0.717) is 11.3 Å². The van der Waals surface area contributed by atoms with E-state index in [1.54, 1.807) is 6.07 Å². The van der Waals surface area contributed by atoms with Gasteiger partial charge in [-0.1, -0.05) is 18.9 Å². The zero-order chi connectivity index (χ0) is 15.5. The van der Waals surface area contributed by atoms with E-state index in [9.17, 15) is 4.79 Å². The van der Waals surface area contributed by atoms with Crippen LogP contribution in [0.15, 0.2) is 18.2 Å². The zero-order valence-corrected chi connectivity index (χ0v) is 13.1. The quantitative estimate of drug-likeness (QED) is 0.644. The summed E-state index contributed by atoms with van der Waals surface area (Å²) in [5, 5.41) is 3.42. The fourth-order valence-corrected chi connectivity index (χ4v) is 3.08. The topological polar surface area (TPSA) is 67.6 Å². The molecule has 0 radical (unpaired) electrons. The molecule has 0 unspecified atom stereocenters. The number of likely N-dealkylation sites (N-methyl/N-ethyl adjacent to an activating group) is 1. The molecule has 0 amide bonds. The molecule has 0 spiro atoms. The van der Waals surface area contributed by atoms with Crippen molar-refractivity contribution in [2.24, 2.45) is 0 Å². The zero-order valence-electron chi connectivity index (χ0n) is 13.1. The molecule has 0 aliphatic heterocycles. The average Bonchev–Trinajstić information content (AvgIpc) is 2.95. The van der Waals surface area contributed by atoms with E-state index < -0.39 is 5.97 Å². The van der Waals surface area contributed by atoms with E-state index in [-0.39, 0.29) is 5.54 Å². The molecule has 0 heterocycles. The molecule has 1 aliphatic rings. The number of hydrogen-bond acceptors (Lipinski definition) is 5. The lowest BCUT2D eigenvalue weighted by molar-refractivity contribution is 0.0602. The molecule has 0 bridgehead atoms. The fourth-order valence-electron chi connectivity index (χ4n) is 3.08. The number of anilines is 2. The Morgan fingerprint density at radius 2 is 2.05 bits per heavy atom. The lowest BCUT2D eigenvalue weighted by atomic mass is 9.95. The number of esters is 1.